The second kappa shape index (κ2) is 7.04. The van der Waals surface area contributed by atoms with E-state index >= 15 is 0 Å². The fraction of sp³-hybridized carbons (Fsp3) is 0.688. The van der Waals surface area contributed by atoms with Gasteiger partial charge in [0.25, 0.3) is 0 Å². The summed E-state index contributed by atoms with van der Waals surface area (Å²) in [6.45, 7) is 5.99. The Bertz CT molecular complexity index is 702. The zero-order valence-electron chi connectivity index (χ0n) is 14.3. The maximum Gasteiger partial charge on any atom is 0.211 e. The van der Waals surface area contributed by atoms with E-state index in [1.807, 2.05) is 24.6 Å². The van der Waals surface area contributed by atoms with Crippen LogP contribution in [-0.4, -0.2) is 42.7 Å². The van der Waals surface area contributed by atoms with Crippen LogP contribution in [-0.2, 0) is 23.6 Å². The number of nitrogens with zero attached hydrogens (tertiary/aromatic N) is 3. The number of piperidine rings is 1. The second-order valence-corrected chi connectivity index (χ2v) is 8.36. The van der Waals surface area contributed by atoms with Gasteiger partial charge in [-0.2, -0.15) is 5.26 Å². The average Bonchev–Trinajstić information content (AvgIpc) is 2.79. The minimum atomic E-state index is -3.11. The smallest absolute Gasteiger partial charge is 0.211 e. The van der Waals surface area contributed by atoms with Gasteiger partial charge in [0.05, 0.1) is 6.26 Å². The monoisotopic (exact) mass is 338 g/mol. The molecular formula is C16H26N4O2S. The first kappa shape index (κ1) is 18.0. The lowest BCUT2D eigenvalue weighted by Crippen LogP contribution is -2.50. The summed E-state index contributed by atoms with van der Waals surface area (Å²) in [6.07, 6.45) is 3.05. The number of hydrogen-bond acceptors (Lipinski definition) is 4. The highest BCUT2D eigenvalue weighted by molar-refractivity contribution is 7.88. The number of rotatable bonds is 5. The van der Waals surface area contributed by atoms with Crippen LogP contribution in [0.15, 0.2) is 6.07 Å². The van der Waals surface area contributed by atoms with Gasteiger partial charge < -0.3 is 9.88 Å². The summed E-state index contributed by atoms with van der Waals surface area (Å²) in [4.78, 5) is 0. The van der Waals surface area contributed by atoms with Crippen LogP contribution in [0.1, 0.15) is 36.7 Å². The fourth-order valence-corrected chi connectivity index (χ4v) is 4.17. The molecule has 2 rings (SSSR count). The molecular weight excluding hydrogens is 312 g/mol. The van der Waals surface area contributed by atoms with Crippen molar-refractivity contribution in [1.82, 2.24) is 14.2 Å². The van der Waals surface area contributed by atoms with E-state index in [1.165, 1.54) is 6.26 Å². The lowest BCUT2D eigenvalue weighted by Gasteiger charge is -2.37. The van der Waals surface area contributed by atoms with Gasteiger partial charge in [0.2, 0.25) is 10.0 Å². The SMILES string of the molecule is CC[C@H]1CN(S(C)(=O)=O)CC[C@@H]1NCc1cc(C#N)n(C)c1C. The molecule has 0 radical (unpaired) electrons. The van der Waals surface area contributed by atoms with Crippen LogP contribution in [0.4, 0.5) is 0 Å². The van der Waals surface area contributed by atoms with Gasteiger partial charge in [0, 0.05) is 38.4 Å². The van der Waals surface area contributed by atoms with Gasteiger partial charge in [-0.25, -0.2) is 12.7 Å². The third kappa shape index (κ3) is 3.94. The molecule has 23 heavy (non-hydrogen) atoms. The van der Waals surface area contributed by atoms with Gasteiger partial charge in [0.1, 0.15) is 11.8 Å². The Labute approximate surface area is 139 Å². The van der Waals surface area contributed by atoms with Crippen molar-refractivity contribution in [2.24, 2.45) is 13.0 Å². The minimum Gasteiger partial charge on any atom is -0.340 e. The Kier molecular flexibility index (Phi) is 5.50. The predicted molar refractivity (Wildman–Crippen MR) is 90.3 cm³/mol. The summed E-state index contributed by atoms with van der Waals surface area (Å²) in [5.41, 5.74) is 2.89. The normalized spacial score (nSPS) is 22.9. The van der Waals surface area contributed by atoms with E-state index in [0.717, 1.165) is 24.1 Å². The molecule has 0 bridgehead atoms. The lowest BCUT2D eigenvalue weighted by atomic mass is 9.91. The zero-order valence-corrected chi connectivity index (χ0v) is 15.2. The number of aromatic nitrogens is 1. The Morgan fingerprint density at radius 3 is 2.70 bits per heavy atom. The highest BCUT2D eigenvalue weighted by Gasteiger charge is 2.31. The fourth-order valence-electron chi connectivity index (χ4n) is 3.27. The van der Waals surface area contributed by atoms with Gasteiger partial charge in [-0.3, -0.25) is 0 Å². The molecule has 1 aliphatic rings. The van der Waals surface area contributed by atoms with E-state index in [2.05, 4.69) is 18.3 Å². The maximum atomic E-state index is 11.7. The Hall–Kier alpha value is -1.36. The molecule has 6 nitrogen and oxygen atoms in total. The molecule has 2 atom stereocenters. The van der Waals surface area contributed by atoms with Crippen LogP contribution in [0.25, 0.3) is 0 Å². The van der Waals surface area contributed by atoms with Crippen molar-refractivity contribution in [2.45, 2.75) is 39.3 Å². The van der Waals surface area contributed by atoms with Crippen molar-refractivity contribution in [3.8, 4) is 6.07 Å². The number of hydrogen-bond donors (Lipinski definition) is 1. The molecule has 0 aliphatic carbocycles. The van der Waals surface area contributed by atoms with E-state index in [1.54, 1.807) is 4.31 Å². The highest BCUT2D eigenvalue weighted by atomic mass is 32.2. The third-order valence-corrected chi connectivity index (χ3v) is 6.27. The molecule has 1 aliphatic heterocycles. The van der Waals surface area contributed by atoms with Crippen molar-refractivity contribution in [2.75, 3.05) is 19.3 Å². The molecule has 7 heteroatoms. The first-order chi connectivity index (χ1) is 10.8. The maximum absolute atomic E-state index is 11.7. The highest BCUT2D eigenvalue weighted by Crippen LogP contribution is 2.23. The Morgan fingerprint density at radius 1 is 1.48 bits per heavy atom. The van der Waals surface area contributed by atoms with Gasteiger partial charge in [-0.05, 0) is 30.9 Å². The summed E-state index contributed by atoms with van der Waals surface area (Å²) in [7, 11) is -1.21. The largest absolute Gasteiger partial charge is 0.340 e. The van der Waals surface area contributed by atoms with E-state index in [-0.39, 0.29) is 0 Å². The van der Waals surface area contributed by atoms with Crippen molar-refractivity contribution in [3.63, 3.8) is 0 Å². The quantitative estimate of drug-likeness (QED) is 0.879. The molecule has 0 spiro atoms. The Morgan fingerprint density at radius 2 is 2.17 bits per heavy atom. The molecule has 1 fully saturated rings. The van der Waals surface area contributed by atoms with Crippen molar-refractivity contribution < 1.29 is 8.42 Å². The molecule has 0 unspecified atom stereocenters. The number of nitriles is 1. The number of nitrogens with one attached hydrogen (secondary N) is 1. The molecule has 1 aromatic rings. The first-order valence-electron chi connectivity index (χ1n) is 8.01. The predicted octanol–water partition coefficient (Wildman–Crippen LogP) is 1.35. The Balaban J connectivity index is 2.02. The number of sulfonamides is 1. The van der Waals surface area contributed by atoms with Crippen LogP contribution < -0.4 is 5.32 Å². The molecule has 1 N–H and O–H groups in total. The van der Waals surface area contributed by atoms with Crippen LogP contribution in [0.5, 0.6) is 0 Å². The molecule has 2 heterocycles. The first-order valence-corrected chi connectivity index (χ1v) is 9.86. The summed E-state index contributed by atoms with van der Waals surface area (Å²) < 4.78 is 26.9. The lowest BCUT2D eigenvalue weighted by molar-refractivity contribution is 0.201. The van der Waals surface area contributed by atoms with Crippen molar-refractivity contribution in [1.29, 1.82) is 5.26 Å². The standard InChI is InChI=1S/C16H26N4O2S/c1-5-13-11-20(23(4,21)22)7-6-16(13)18-10-14-8-15(9-17)19(3)12(14)2/h8,13,16,18H,5-7,10-11H2,1-4H3/t13-,16-/m0/s1. The second-order valence-electron chi connectivity index (χ2n) is 6.38. The van der Waals surface area contributed by atoms with Crippen molar-refractivity contribution >= 4 is 10.0 Å². The van der Waals surface area contributed by atoms with E-state index in [9.17, 15) is 8.42 Å². The molecule has 0 amide bonds. The van der Waals surface area contributed by atoms with Crippen LogP contribution in [0, 0.1) is 24.2 Å². The molecule has 1 aromatic heterocycles. The van der Waals surface area contributed by atoms with Gasteiger partial charge in [-0.15, -0.1) is 0 Å². The summed E-state index contributed by atoms with van der Waals surface area (Å²) in [6, 6.07) is 4.43. The third-order valence-electron chi connectivity index (χ3n) is 5.00. The van der Waals surface area contributed by atoms with Crippen LogP contribution in [0.3, 0.4) is 0 Å². The van der Waals surface area contributed by atoms with Gasteiger partial charge in [0.15, 0.2) is 0 Å². The van der Waals surface area contributed by atoms with E-state index in [0.29, 0.717) is 37.3 Å². The van der Waals surface area contributed by atoms with Crippen molar-refractivity contribution in [3.05, 3.63) is 23.0 Å². The van der Waals surface area contributed by atoms with Crippen LogP contribution >= 0.6 is 0 Å². The molecule has 0 aromatic carbocycles. The molecule has 0 saturated carbocycles. The molecule has 1 saturated heterocycles. The van der Waals surface area contributed by atoms with Gasteiger partial charge in [-0.1, -0.05) is 13.3 Å². The summed E-state index contributed by atoms with van der Waals surface area (Å²) in [5, 5.41) is 12.7. The topological polar surface area (TPSA) is 78.1 Å². The van der Waals surface area contributed by atoms with Crippen LogP contribution in [0.2, 0.25) is 0 Å². The van der Waals surface area contributed by atoms with E-state index in [4.69, 9.17) is 5.26 Å². The van der Waals surface area contributed by atoms with Gasteiger partial charge >= 0.3 is 0 Å². The summed E-state index contributed by atoms with van der Waals surface area (Å²) >= 11 is 0. The minimum absolute atomic E-state index is 0.308. The average molecular weight is 338 g/mol. The summed E-state index contributed by atoms with van der Waals surface area (Å²) in [5.74, 6) is 0.318. The zero-order chi connectivity index (χ0) is 17.2. The molecule has 128 valence electrons. The van der Waals surface area contributed by atoms with E-state index < -0.39 is 10.0 Å².